The van der Waals surface area contributed by atoms with Crippen molar-refractivity contribution >= 4 is 0 Å². The molecule has 0 aliphatic heterocycles. The maximum absolute atomic E-state index is 13.1. The molecule has 106 valence electrons. The molecule has 4 heteroatoms. The van der Waals surface area contributed by atoms with Crippen LogP contribution in [0.4, 0.5) is 8.78 Å². The summed E-state index contributed by atoms with van der Waals surface area (Å²) in [5.41, 5.74) is 1.88. The molecule has 0 radical (unpaired) electrons. The number of halogens is 2. The van der Waals surface area contributed by atoms with Crippen molar-refractivity contribution in [1.29, 1.82) is 0 Å². The topological polar surface area (TPSA) is 12.5 Å². The molecule has 0 bridgehead atoms. The second-order valence-corrected chi connectivity index (χ2v) is 4.77. The van der Waals surface area contributed by atoms with Crippen molar-refractivity contribution in [3.05, 3.63) is 65.2 Å². The summed E-state index contributed by atoms with van der Waals surface area (Å²) in [5, 5.41) is 0. The van der Waals surface area contributed by atoms with Crippen LogP contribution in [0.2, 0.25) is 0 Å². The summed E-state index contributed by atoms with van der Waals surface area (Å²) >= 11 is 0. The SMILES string of the molecule is COc1ccc(CN(C)Cc2ccc(F)c(F)c2)cc1. The van der Waals surface area contributed by atoms with Crippen molar-refractivity contribution in [3.8, 4) is 5.75 Å². The lowest BCUT2D eigenvalue weighted by Gasteiger charge is -2.17. The second-order valence-electron chi connectivity index (χ2n) is 4.77. The monoisotopic (exact) mass is 277 g/mol. The molecule has 2 aromatic rings. The Hall–Kier alpha value is -1.94. The molecule has 2 nitrogen and oxygen atoms in total. The van der Waals surface area contributed by atoms with E-state index >= 15 is 0 Å². The lowest BCUT2D eigenvalue weighted by atomic mass is 10.1. The molecule has 0 aromatic heterocycles. The highest BCUT2D eigenvalue weighted by atomic mass is 19.2. The third kappa shape index (κ3) is 3.78. The summed E-state index contributed by atoms with van der Waals surface area (Å²) in [5.74, 6) is -0.802. The predicted molar refractivity (Wildman–Crippen MR) is 74.5 cm³/mol. The number of hydrogen-bond acceptors (Lipinski definition) is 2. The standard InChI is InChI=1S/C16H17F2NO/c1-19(10-12-3-6-14(20-2)7-4-12)11-13-5-8-15(17)16(18)9-13/h3-9H,10-11H2,1-2H3. The third-order valence-corrected chi connectivity index (χ3v) is 3.05. The molecule has 0 atom stereocenters. The summed E-state index contributed by atoms with van der Waals surface area (Å²) in [4.78, 5) is 2.04. The van der Waals surface area contributed by atoms with Crippen LogP contribution in [0.5, 0.6) is 5.75 Å². The lowest BCUT2D eigenvalue weighted by Crippen LogP contribution is -2.17. The predicted octanol–water partition coefficient (Wildman–Crippen LogP) is 3.61. The van der Waals surface area contributed by atoms with Gasteiger partial charge in [-0.3, -0.25) is 4.90 Å². The number of hydrogen-bond donors (Lipinski definition) is 0. The van der Waals surface area contributed by atoms with Crippen molar-refractivity contribution < 1.29 is 13.5 Å². The molecule has 0 heterocycles. The normalized spacial score (nSPS) is 10.8. The van der Waals surface area contributed by atoms with E-state index in [1.54, 1.807) is 13.2 Å². The van der Waals surface area contributed by atoms with Crippen molar-refractivity contribution in [2.24, 2.45) is 0 Å². The fraction of sp³-hybridized carbons (Fsp3) is 0.250. The van der Waals surface area contributed by atoms with Gasteiger partial charge in [0.1, 0.15) is 5.75 Å². The van der Waals surface area contributed by atoms with E-state index in [1.807, 2.05) is 36.2 Å². The van der Waals surface area contributed by atoms with E-state index in [-0.39, 0.29) is 0 Å². The number of nitrogens with zero attached hydrogens (tertiary/aromatic N) is 1. The fourth-order valence-corrected chi connectivity index (χ4v) is 2.05. The minimum atomic E-state index is -0.813. The highest BCUT2D eigenvalue weighted by molar-refractivity contribution is 5.27. The molecule has 0 amide bonds. The molecule has 0 spiro atoms. The van der Waals surface area contributed by atoms with E-state index in [0.29, 0.717) is 6.54 Å². The van der Waals surface area contributed by atoms with Gasteiger partial charge < -0.3 is 4.74 Å². The van der Waals surface area contributed by atoms with Crippen LogP contribution >= 0.6 is 0 Å². The summed E-state index contributed by atoms with van der Waals surface area (Å²) in [6.45, 7) is 1.28. The van der Waals surface area contributed by atoms with Gasteiger partial charge in [-0.05, 0) is 42.4 Å². The molecule has 0 aliphatic rings. The lowest BCUT2D eigenvalue weighted by molar-refractivity contribution is 0.318. The molecule has 20 heavy (non-hydrogen) atoms. The molecule has 0 fully saturated rings. The van der Waals surface area contributed by atoms with Gasteiger partial charge in [0.2, 0.25) is 0 Å². The molecule has 0 aliphatic carbocycles. The molecule has 2 rings (SSSR count). The van der Waals surface area contributed by atoms with Crippen LogP contribution in [0.1, 0.15) is 11.1 Å². The van der Waals surface area contributed by atoms with Crippen molar-refractivity contribution in [2.45, 2.75) is 13.1 Å². The van der Waals surface area contributed by atoms with Gasteiger partial charge >= 0.3 is 0 Å². The fourth-order valence-electron chi connectivity index (χ4n) is 2.05. The molecular weight excluding hydrogens is 260 g/mol. The number of rotatable bonds is 5. The Morgan fingerprint density at radius 2 is 1.50 bits per heavy atom. The van der Waals surface area contributed by atoms with E-state index in [4.69, 9.17) is 4.74 Å². The van der Waals surface area contributed by atoms with Crippen LogP contribution < -0.4 is 4.74 Å². The van der Waals surface area contributed by atoms with E-state index in [0.717, 1.165) is 29.5 Å². The van der Waals surface area contributed by atoms with Crippen LogP contribution in [0, 0.1) is 11.6 Å². The average molecular weight is 277 g/mol. The van der Waals surface area contributed by atoms with Crippen LogP contribution in [0.25, 0.3) is 0 Å². The van der Waals surface area contributed by atoms with Gasteiger partial charge in [0.05, 0.1) is 7.11 Å². The average Bonchev–Trinajstić information content (AvgIpc) is 2.44. The Labute approximate surface area is 117 Å². The zero-order valence-corrected chi connectivity index (χ0v) is 11.6. The minimum Gasteiger partial charge on any atom is -0.497 e. The Bertz CT molecular complexity index is 569. The van der Waals surface area contributed by atoms with E-state index in [2.05, 4.69) is 0 Å². The van der Waals surface area contributed by atoms with Crippen LogP contribution in [-0.4, -0.2) is 19.1 Å². The molecule has 2 aromatic carbocycles. The van der Waals surface area contributed by atoms with E-state index in [1.165, 1.54) is 6.07 Å². The first-order valence-electron chi connectivity index (χ1n) is 6.34. The molecule has 0 N–H and O–H groups in total. The molecule has 0 unspecified atom stereocenters. The first-order valence-corrected chi connectivity index (χ1v) is 6.34. The van der Waals surface area contributed by atoms with Crippen molar-refractivity contribution in [2.75, 3.05) is 14.2 Å². The molecular formula is C16H17F2NO. The summed E-state index contributed by atoms with van der Waals surface area (Å²) in [6, 6.07) is 11.8. The Balaban J connectivity index is 1.97. The van der Waals surface area contributed by atoms with Gasteiger partial charge in [-0.25, -0.2) is 8.78 Å². The minimum absolute atomic E-state index is 0.559. The molecule has 0 saturated heterocycles. The first-order chi connectivity index (χ1) is 9.58. The largest absolute Gasteiger partial charge is 0.497 e. The van der Waals surface area contributed by atoms with Crippen molar-refractivity contribution in [1.82, 2.24) is 4.90 Å². The third-order valence-electron chi connectivity index (χ3n) is 3.05. The molecule has 0 saturated carbocycles. The van der Waals surface area contributed by atoms with Crippen LogP contribution in [0.15, 0.2) is 42.5 Å². The number of benzene rings is 2. The van der Waals surface area contributed by atoms with Gasteiger partial charge in [-0.15, -0.1) is 0 Å². The van der Waals surface area contributed by atoms with Gasteiger partial charge in [0, 0.05) is 13.1 Å². The Morgan fingerprint density at radius 1 is 0.900 bits per heavy atom. The number of methoxy groups -OCH3 is 1. The summed E-state index contributed by atoms with van der Waals surface area (Å²) in [7, 11) is 3.57. The quantitative estimate of drug-likeness (QED) is 0.828. The summed E-state index contributed by atoms with van der Waals surface area (Å²) in [6.07, 6.45) is 0. The summed E-state index contributed by atoms with van der Waals surface area (Å²) < 4.78 is 31.1. The maximum Gasteiger partial charge on any atom is 0.159 e. The maximum atomic E-state index is 13.1. The van der Waals surface area contributed by atoms with Gasteiger partial charge in [0.15, 0.2) is 11.6 Å². The smallest absolute Gasteiger partial charge is 0.159 e. The van der Waals surface area contributed by atoms with Gasteiger partial charge in [0.25, 0.3) is 0 Å². The van der Waals surface area contributed by atoms with E-state index in [9.17, 15) is 8.78 Å². The first kappa shape index (κ1) is 14.5. The van der Waals surface area contributed by atoms with Gasteiger partial charge in [-0.2, -0.15) is 0 Å². The zero-order chi connectivity index (χ0) is 14.5. The van der Waals surface area contributed by atoms with Crippen molar-refractivity contribution in [3.63, 3.8) is 0 Å². The van der Waals surface area contributed by atoms with Crippen LogP contribution in [-0.2, 0) is 13.1 Å². The Morgan fingerprint density at radius 3 is 2.10 bits per heavy atom. The highest BCUT2D eigenvalue weighted by Crippen LogP contribution is 2.15. The van der Waals surface area contributed by atoms with Crippen LogP contribution in [0.3, 0.4) is 0 Å². The zero-order valence-electron chi connectivity index (χ0n) is 11.6. The van der Waals surface area contributed by atoms with Gasteiger partial charge in [-0.1, -0.05) is 18.2 Å². The second kappa shape index (κ2) is 6.48. The van der Waals surface area contributed by atoms with E-state index < -0.39 is 11.6 Å². The Kier molecular flexibility index (Phi) is 4.69. The highest BCUT2D eigenvalue weighted by Gasteiger charge is 2.06. The number of ether oxygens (including phenoxy) is 1.